The van der Waals surface area contributed by atoms with Crippen LogP contribution < -0.4 is 0 Å². The molecule has 0 saturated carbocycles. The summed E-state index contributed by atoms with van der Waals surface area (Å²) in [4.78, 5) is 18.4. The molecule has 21 heavy (non-hydrogen) atoms. The summed E-state index contributed by atoms with van der Waals surface area (Å²) in [5, 5.41) is 0. The first-order valence-electron chi connectivity index (χ1n) is 7.19. The van der Waals surface area contributed by atoms with Crippen molar-refractivity contribution in [2.75, 3.05) is 12.3 Å². The van der Waals surface area contributed by atoms with Crippen LogP contribution in [-0.4, -0.2) is 32.7 Å². The molecule has 3 rings (SSSR count). The SMILES string of the molecule is O=C1CC(CS)CN1C(Cn1ccnc1)c1ccccc1. The van der Waals surface area contributed by atoms with E-state index in [1.165, 1.54) is 5.56 Å². The van der Waals surface area contributed by atoms with E-state index in [0.29, 0.717) is 12.3 Å². The van der Waals surface area contributed by atoms with Crippen molar-refractivity contribution in [1.82, 2.24) is 14.5 Å². The van der Waals surface area contributed by atoms with Gasteiger partial charge in [0.25, 0.3) is 0 Å². The van der Waals surface area contributed by atoms with Crippen molar-refractivity contribution >= 4 is 18.5 Å². The molecule has 1 fully saturated rings. The smallest absolute Gasteiger partial charge is 0.223 e. The zero-order chi connectivity index (χ0) is 14.7. The molecule has 4 nitrogen and oxygen atoms in total. The number of nitrogens with zero attached hydrogens (tertiary/aromatic N) is 3. The van der Waals surface area contributed by atoms with E-state index < -0.39 is 0 Å². The van der Waals surface area contributed by atoms with Crippen molar-refractivity contribution < 1.29 is 4.79 Å². The lowest BCUT2D eigenvalue weighted by molar-refractivity contribution is -0.130. The Bertz CT molecular complexity index is 585. The summed E-state index contributed by atoms with van der Waals surface area (Å²) in [5.41, 5.74) is 1.17. The molecule has 1 aromatic heterocycles. The Morgan fingerprint density at radius 2 is 2.14 bits per heavy atom. The molecule has 1 aliphatic rings. The van der Waals surface area contributed by atoms with Crippen LogP contribution in [0.25, 0.3) is 0 Å². The van der Waals surface area contributed by atoms with Crippen molar-refractivity contribution in [3.05, 3.63) is 54.6 Å². The molecular weight excluding hydrogens is 282 g/mol. The number of thiol groups is 1. The van der Waals surface area contributed by atoms with Gasteiger partial charge in [0.05, 0.1) is 12.4 Å². The fourth-order valence-electron chi connectivity index (χ4n) is 2.89. The number of aromatic nitrogens is 2. The molecule has 1 amide bonds. The Kier molecular flexibility index (Phi) is 4.29. The highest BCUT2D eigenvalue weighted by molar-refractivity contribution is 7.80. The Hall–Kier alpha value is -1.75. The zero-order valence-corrected chi connectivity index (χ0v) is 12.7. The Morgan fingerprint density at radius 3 is 2.76 bits per heavy atom. The molecule has 1 aromatic carbocycles. The van der Waals surface area contributed by atoms with E-state index in [4.69, 9.17) is 0 Å². The fourth-order valence-corrected chi connectivity index (χ4v) is 3.13. The normalized spacial score (nSPS) is 20.0. The standard InChI is InChI=1S/C16H19N3OS/c20-16-8-13(11-21)9-19(16)15(10-18-7-6-17-12-18)14-4-2-1-3-5-14/h1-7,12-13,15,21H,8-11H2. The highest BCUT2D eigenvalue weighted by atomic mass is 32.1. The van der Waals surface area contributed by atoms with E-state index in [9.17, 15) is 4.79 Å². The van der Waals surface area contributed by atoms with Gasteiger partial charge in [-0.15, -0.1) is 0 Å². The molecule has 0 spiro atoms. The maximum atomic E-state index is 12.4. The van der Waals surface area contributed by atoms with Crippen molar-refractivity contribution in [3.8, 4) is 0 Å². The maximum Gasteiger partial charge on any atom is 0.223 e. The van der Waals surface area contributed by atoms with Gasteiger partial charge < -0.3 is 9.47 Å². The minimum Gasteiger partial charge on any atom is -0.335 e. The van der Waals surface area contributed by atoms with Gasteiger partial charge in [-0.05, 0) is 17.2 Å². The van der Waals surface area contributed by atoms with Crippen LogP contribution in [0.1, 0.15) is 18.0 Å². The first kappa shape index (κ1) is 14.2. The summed E-state index contributed by atoms with van der Waals surface area (Å²) in [6.07, 6.45) is 6.11. The zero-order valence-electron chi connectivity index (χ0n) is 11.8. The molecule has 2 unspecified atom stereocenters. The van der Waals surface area contributed by atoms with Crippen LogP contribution >= 0.6 is 12.6 Å². The summed E-state index contributed by atoms with van der Waals surface area (Å²) < 4.78 is 2.03. The van der Waals surface area contributed by atoms with E-state index in [1.54, 1.807) is 12.5 Å². The second-order valence-corrected chi connectivity index (χ2v) is 5.85. The van der Waals surface area contributed by atoms with Crippen molar-refractivity contribution in [3.63, 3.8) is 0 Å². The van der Waals surface area contributed by atoms with Crippen LogP contribution in [0, 0.1) is 5.92 Å². The molecule has 0 bridgehead atoms. The summed E-state index contributed by atoms with van der Waals surface area (Å²) in [7, 11) is 0. The van der Waals surface area contributed by atoms with Crippen LogP contribution in [0.2, 0.25) is 0 Å². The highest BCUT2D eigenvalue weighted by Gasteiger charge is 2.34. The molecule has 1 aliphatic heterocycles. The van der Waals surface area contributed by atoms with Gasteiger partial charge in [-0.2, -0.15) is 12.6 Å². The van der Waals surface area contributed by atoms with Crippen LogP contribution in [0.3, 0.4) is 0 Å². The van der Waals surface area contributed by atoms with Crippen molar-refractivity contribution in [2.24, 2.45) is 5.92 Å². The second-order valence-electron chi connectivity index (χ2n) is 5.48. The van der Waals surface area contributed by atoms with Gasteiger partial charge in [-0.25, -0.2) is 4.98 Å². The number of benzene rings is 1. The summed E-state index contributed by atoms with van der Waals surface area (Å²) in [6, 6.07) is 10.3. The molecule has 2 aromatic rings. The largest absolute Gasteiger partial charge is 0.335 e. The number of imidazole rings is 1. The number of carbonyl (C=O) groups excluding carboxylic acids is 1. The lowest BCUT2D eigenvalue weighted by Crippen LogP contribution is -2.33. The summed E-state index contributed by atoms with van der Waals surface area (Å²) in [6.45, 7) is 1.52. The third kappa shape index (κ3) is 3.13. The van der Waals surface area contributed by atoms with Crippen molar-refractivity contribution in [1.29, 1.82) is 0 Å². The van der Waals surface area contributed by atoms with E-state index in [0.717, 1.165) is 18.8 Å². The second kappa shape index (κ2) is 6.35. The first-order valence-corrected chi connectivity index (χ1v) is 7.82. The van der Waals surface area contributed by atoms with E-state index in [-0.39, 0.29) is 11.9 Å². The molecule has 0 aliphatic carbocycles. The molecular formula is C16H19N3OS. The van der Waals surface area contributed by atoms with E-state index in [2.05, 4.69) is 29.7 Å². The van der Waals surface area contributed by atoms with Gasteiger partial charge in [0, 0.05) is 31.9 Å². The number of rotatable bonds is 5. The first-order chi connectivity index (χ1) is 10.3. The predicted molar refractivity (Wildman–Crippen MR) is 85.1 cm³/mol. The number of carbonyl (C=O) groups is 1. The maximum absolute atomic E-state index is 12.4. The monoisotopic (exact) mass is 301 g/mol. The molecule has 0 N–H and O–H groups in total. The molecule has 110 valence electrons. The van der Waals surface area contributed by atoms with Gasteiger partial charge in [0.15, 0.2) is 0 Å². The molecule has 2 heterocycles. The van der Waals surface area contributed by atoms with Gasteiger partial charge in [-0.3, -0.25) is 4.79 Å². The molecule has 2 atom stereocenters. The molecule has 5 heteroatoms. The Morgan fingerprint density at radius 1 is 1.33 bits per heavy atom. The van der Waals surface area contributed by atoms with Crippen LogP contribution in [0.5, 0.6) is 0 Å². The number of hydrogen-bond acceptors (Lipinski definition) is 3. The average Bonchev–Trinajstić information content (AvgIpc) is 3.15. The topological polar surface area (TPSA) is 38.1 Å². The minimum absolute atomic E-state index is 0.0535. The van der Waals surface area contributed by atoms with Crippen LogP contribution in [0.4, 0.5) is 0 Å². The summed E-state index contributed by atoms with van der Waals surface area (Å²) in [5.74, 6) is 1.34. The number of likely N-dealkylation sites (tertiary alicyclic amines) is 1. The van der Waals surface area contributed by atoms with E-state index in [1.807, 2.05) is 33.9 Å². The molecule has 0 radical (unpaired) electrons. The minimum atomic E-state index is 0.0535. The van der Waals surface area contributed by atoms with Crippen LogP contribution in [0.15, 0.2) is 49.1 Å². The Labute approximate surface area is 130 Å². The van der Waals surface area contributed by atoms with Crippen LogP contribution in [-0.2, 0) is 11.3 Å². The average molecular weight is 301 g/mol. The molecule has 1 saturated heterocycles. The van der Waals surface area contributed by atoms with E-state index >= 15 is 0 Å². The van der Waals surface area contributed by atoms with Gasteiger partial charge in [0.1, 0.15) is 0 Å². The van der Waals surface area contributed by atoms with Gasteiger partial charge in [0.2, 0.25) is 5.91 Å². The van der Waals surface area contributed by atoms with Gasteiger partial charge in [-0.1, -0.05) is 30.3 Å². The lowest BCUT2D eigenvalue weighted by Gasteiger charge is -2.29. The summed E-state index contributed by atoms with van der Waals surface area (Å²) >= 11 is 4.35. The third-order valence-electron chi connectivity index (χ3n) is 4.00. The Balaban J connectivity index is 1.87. The van der Waals surface area contributed by atoms with Gasteiger partial charge >= 0.3 is 0 Å². The number of hydrogen-bond donors (Lipinski definition) is 1. The number of amides is 1. The lowest BCUT2D eigenvalue weighted by atomic mass is 10.1. The predicted octanol–water partition coefficient (Wildman–Crippen LogP) is 2.40. The highest BCUT2D eigenvalue weighted by Crippen LogP contribution is 2.30. The third-order valence-corrected chi connectivity index (χ3v) is 4.52. The fraction of sp³-hybridized carbons (Fsp3) is 0.375. The van der Waals surface area contributed by atoms with Crippen molar-refractivity contribution in [2.45, 2.75) is 19.0 Å². The quantitative estimate of drug-likeness (QED) is 0.861.